The lowest BCUT2D eigenvalue weighted by molar-refractivity contribution is -0.137. The molecule has 2 aliphatic heterocycles. The predicted molar refractivity (Wildman–Crippen MR) is 94.8 cm³/mol. The number of hydrogen-bond acceptors (Lipinski definition) is 3. The van der Waals surface area contributed by atoms with Crippen LogP contribution in [0.15, 0.2) is 0 Å². The van der Waals surface area contributed by atoms with Crippen LogP contribution in [0, 0.1) is 0 Å². The summed E-state index contributed by atoms with van der Waals surface area (Å²) in [6, 6.07) is 1.05. The van der Waals surface area contributed by atoms with E-state index < -0.39 is 0 Å². The van der Waals surface area contributed by atoms with Crippen LogP contribution < -0.4 is 5.32 Å². The topological polar surface area (TPSA) is 52.7 Å². The Morgan fingerprint density at radius 1 is 1.04 bits per heavy atom. The van der Waals surface area contributed by atoms with E-state index in [-0.39, 0.29) is 24.2 Å². The first-order valence-electron chi connectivity index (χ1n) is 8.95. The number of hydrogen-bond donors (Lipinski definition) is 1. The number of rotatable bonds is 7. The van der Waals surface area contributed by atoms with Gasteiger partial charge in [0.1, 0.15) is 0 Å². The van der Waals surface area contributed by atoms with Crippen LogP contribution in [0.4, 0.5) is 0 Å². The number of fused-ring (bicyclic) bond motifs is 2. The average molecular weight is 346 g/mol. The molecular weight excluding hydrogens is 314 g/mol. The fourth-order valence-corrected chi connectivity index (χ4v) is 3.60. The van der Waals surface area contributed by atoms with Crippen LogP contribution in [-0.4, -0.2) is 59.9 Å². The fourth-order valence-electron chi connectivity index (χ4n) is 3.60. The van der Waals surface area contributed by atoms with Gasteiger partial charge in [-0.1, -0.05) is 13.8 Å². The van der Waals surface area contributed by atoms with Gasteiger partial charge in [-0.05, 0) is 32.1 Å². The molecule has 2 fully saturated rings. The van der Waals surface area contributed by atoms with E-state index in [9.17, 15) is 9.59 Å². The van der Waals surface area contributed by atoms with Crippen molar-refractivity contribution in [1.82, 2.24) is 15.1 Å². The number of carbonyl (C=O) groups is 2. The molecule has 1 N–H and O–H groups in total. The van der Waals surface area contributed by atoms with Gasteiger partial charge in [-0.3, -0.25) is 9.59 Å². The number of nitrogens with zero attached hydrogens (tertiary/aromatic N) is 2. The quantitative estimate of drug-likeness (QED) is 0.769. The first-order chi connectivity index (χ1) is 10.6. The van der Waals surface area contributed by atoms with Gasteiger partial charge < -0.3 is 15.1 Å². The second kappa shape index (κ2) is 10.1. The summed E-state index contributed by atoms with van der Waals surface area (Å²) in [5, 5.41) is 3.59. The van der Waals surface area contributed by atoms with E-state index in [2.05, 4.69) is 19.2 Å². The van der Waals surface area contributed by atoms with Crippen LogP contribution in [0.5, 0.6) is 0 Å². The summed E-state index contributed by atoms with van der Waals surface area (Å²) in [4.78, 5) is 28.5. The molecule has 0 aromatic rings. The number of nitrogens with one attached hydrogen (secondary N) is 1. The van der Waals surface area contributed by atoms with Crippen molar-refractivity contribution >= 4 is 24.2 Å². The van der Waals surface area contributed by atoms with Gasteiger partial charge in [-0.15, -0.1) is 12.4 Å². The SMILES string of the molecule is CCCN(CCC)C(=O)CCC(=O)N1CCC2CCC(C1)N2.Cl. The van der Waals surface area contributed by atoms with Gasteiger partial charge in [0.15, 0.2) is 0 Å². The lowest BCUT2D eigenvalue weighted by Crippen LogP contribution is -2.40. The van der Waals surface area contributed by atoms with Crippen molar-refractivity contribution in [1.29, 1.82) is 0 Å². The first-order valence-corrected chi connectivity index (χ1v) is 8.95. The van der Waals surface area contributed by atoms with Gasteiger partial charge in [0.2, 0.25) is 11.8 Å². The standard InChI is InChI=1S/C17H31N3O2.ClH/c1-3-10-19(11-4-2)16(21)7-8-17(22)20-12-9-14-5-6-15(13-20)18-14;/h14-15,18H,3-13H2,1-2H3;1H. The number of likely N-dealkylation sites (tertiary alicyclic amines) is 1. The number of amides is 2. The first kappa shape index (κ1) is 20.2. The van der Waals surface area contributed by atoms with Gasteiger partial charge >= 0.3 is 0 Å². The molecule has 2 amide bonds. The lowest BCUT2D eigenvalue weighted by atomic mass is 10.1. The zero-order chi connectivity index (χ0) is 15.9. The van der Waals surface area contributed by atoms with Gasteiger partial charge in [0.25, 0.3) is 0 Å². The molecule has 2 bridgehead atoms. The molecule has 2 heterocycles. The van der Waals surface area contributed by atoms with Crippen LogP contribution in [0.25, 0.3) is 0 Å². The highest BCUT2D eigenvalue weighted by atomic mass is 35.5. The van der Waals surface area contributed by atoms with Gasteiger partial charge in [-0.2, -0.15) is 0 Å². The van der Waals surface area contributed by atoms with Crippen molar-refractivity contribution in [3.05, 3.63) is 0 Å². The molecule has 0 aromatic carbocycles. The minimum Gasteiger partial charge on any atom is -0.343 e. The van der Waals surface area contributed by atoms with Gasteiger partial charge in [0.05, 0.1) is 0 Å². The zero-order valence-electron chi connectivity index (χ0n) is 14.6. The van der Waals surface area contributed by atoms with Crippen molar-refractivity contribution in [3.8, 4) is 0 Å². The second-order valence-corrected chi connectivity index (χ2v) is 6.65. The third kappa shape index (κ3) is 5.96. The summed E-state index contributed by atoms with van der Waals surface area (Å²) in [5.74, 6) is 0.280. The summed E-state index contributed by atoms with van der Waals surface area (Å²) >= 11 is 0. The molecule has 0 saturated carbocycles. The molecule has 2 unspecified atom stereocenters. The van der Waals surface area contributed by atoms with Crippen molar-refractivity contribution < 1.29 is 9.59 Å². The zero-order valence-corrected chi connectivity index (χ0v) is 15.4. The normalized spacial score (nSPS) is 23.1. The molecule has 6 heteroatoms. The maximum atomic E-state index is 12.4. The Morgan fingerprint density at radius 2 is 1.70 bits per heavy atom. The van der Waals surface area contributed by atoms with Crippen LogP contribution >= 0.6 is 12.4 Å². The van der Waals surface area contributed by atoms with E-state index >= 15 is 0 Å². The van der Waals surface area contributed by atoms with Crippen molar-refractivity contribution in [3.63, 3.8) is 0 Å². The minimum atomic E-state index is 0. The highest BCUT2D eigenvalue weighted by Gasteiger charge is 2.31. The maximum Gasteiger partial charge on any atom is 0.223 e. The molecule has 0 spiro atoms. The Balaban J connectivity index is 0.00000264. The summed E-state index contributed by atoms with van der Waals surface area (Å²) in [6.07, 6.45) is 6.13. The minimum absolute atomic E-state index is 0. The van der Waals surface area contributed by atoms with Crippen molar-refractivity contribution in [2.45, 2.75) is 70.9 Å². The third-order valence-electron chi connectivity index (χ3n) is 4.77. The molecule has 2 rings (SSSR count). The molecule has 2 saturated heterocycles. The van der Waals surface area contributed by atoms with E-state index in [0.717, 1.165) is 45.4 Å². The van der Waals surface area contributed by atoms with Crippen LogP contribution in [0.3, 0.4) is 0 Å². The van der Waals surface area contributed by atoms with Gasteiger partial charge in [0, 0.05) is 51.1 Å². The maximum absolute atomic E-state index is 12.4. The summed E-state index contributed by atoms with van der Waals surface area (Å²) in [7, 11) is 0. The number of carbonyl (C=O) groups excluding carboxylic acids is 2. The largest absolute Gasteiger partial charge is 0.343 e. The van der Waals surface area contributed by atoms with E-state index in [4.69, 9.17) is 0 Å². The van der Waals surface area contributed by atoms with Gasteiger partial charge in [-0.25, -0.2) is 0 Å². The molecule has 23 heavy (non-hydrogen) atoms. The molecule has 2 atom stereocenters. The highest BCUT2D eigenvalue weighted by Crippen LogP contribution is 2.21. The molecular formula is C17H32ClN3O2. The molecule has 2 aliphatic rings. The Hall–Kier alpha value is -0.810. The van der Waals surface area contributed by atoms with E-state index in [1.165, 1.54) is 12.8 Å². The lowest BCUT2D eigenvalue weighted by Gasteiger charge is -2.25. The molecule has 0 radical (unpaired) electrons. The van der Waals surface area contributed by atoms with Crippen LogP contribution in [0.1, 0.15) is 58.8 Å². The van der Waals surface area contributed by atoms with Crippen molar-refractivity contribution in [2.24, 2.45) is 0 Å². The average Bonchev–Trinajstić information content (AvgIpc) is 2.83. The van der Waals surface area contributed by atoms with Crippen LogP contribution in [-0.2, 0) is 9.59 Å². The highest BCUT2D eigenvalue weighted by molar-refractivity contribution is 5.85. The molecule has 0 aromatic heterocycles. The molecule has 5 nitrogen and oxygen atoms in total. The Kier molecular flexibility index (Phi) is 8.92. The second-order valence-electron chi connectivity index (χ2n) is 6.65. The van der Waals surface area contributed by atoms with Crippen molar-refractivity contribution in [2.75, 3.05) is 26.2 Å². The summed E-state index contributed by atoms with van der Waals surface area (Å²) < 4.78 is 0. The molecule has 0 aliphatic carbocycles. The third-order valence-corrected chi connectivity index (χ3v) is 4.77. The smallest absolute Gasteiger partial charge is 0.223 e. The fraction of sp³-hybridized carbons (Fsp3) is 0.882. The summed E-state index contributed by atoms with van der Waals surface area (Å²) in [5.41, 5.74) is 0. The van der Waals surface area contributed by atoms with E-state index in [0.29, 0.717) is 24.9 Å². The van der Waals surface area contributed by atoms with E-state index in [1.807, 2.05) is 9.80 Å². The monoisotopic (exact) mass is 345 g/mol. The van der Waals surface area contributed by atoms with Crippen LogP contribution in [0.2, 0.25) is 0 Å². The molecule has 134 valence electrons. The number of halogens is 1. The Bertz CT molecular complexity index is 386. The van der Waals surface area contributed by atoms with E-state index in [1.54, 1.807) is 0 Å². The Labute approximate surface area is 146 Å². The summed E-state index contributed by atoms with van der Waals surface area (Å²) in [6.45, 7) is 7.43. The predicted octanol–water partition coefficient (Wildman–Crippen LogP) is 2.19. The Morgan fingerprint density at radius 3 is 2.35 bits per heavy atom.